The molecule has 0 bridgehead atoms. The number of unbranched alkanes of at least 4 members (excludes halogenated alkanes) is 14. The van der Waals surface area contributed by atoms with Crippen LogP contribution in [-0.4, -0.2) is 64.6 Å². The lowest BCUT2D eigenvalue weighted by Crippen LogP contribution is -2.40. The van der Waals surface area contributed by atoms with Crippen LogP contribution in [-0.2, 0) is 23.4 Å². The quantitative estimate of drug-likeness (QED) is 0.0378. The zero-order chi connectivity index (χ0) is 45.3. The van der Waals surface area contributed by atoms with Crippen LogP contribution < -0.4 is 11.2 Å². The van der Waals surface area contributed by atoms with Crippen molar-refractivity contribution in [1.82, 2.24) is 14.6 Å². The van der Waals surface area contributed by atoms with Crippen molar-refractivity contribution in [2.45, 2.75) is 237 Å². The van der Waals surface area contributed by atoms with Crippen LogP contribution in [0.25, 0.3) is 0 Å². The number of aromatic nitrogens is 2. The van der Waals surface area contributed by atoms with Crippen molar-refractivity contribution in [3.05, 3.63) is 33.1 Å². The molecule has 6 rings (SSSR count). The van der Waals surface area contributed by atoms with Gasteiger partial charge in [-0.1, -0.05) is 155 Å². The van der Waals surface area contributed by atoms with E-state index >= 15 is 0 Å². The molecule has 1 saturated heterocycles. The van der Waals surface area contributed by atoms with Gasteiger partial charge in [-0.25, -0.2) is 4.79 Å². The van der Waals surface area contributed by atoms with Gasteiger partial charge in [-0.2, -0.15) is 5.06 Å². The zero-order valence-corrected chi connectivity index (χ0v) is 41.6. The van der Waals surface area contributed by atoms with Crippen LogP contribution in [0.1, 0.15) is 213 Å². The van der Waals surface area contributed by atoms with Crippen LogP contribution >= 0.6 is 8.25 Å². The Balaban J connectivity index is 0.881. The zero-order valence-electron chi connectivity index (χ0n) is 40.7. The highest BCUT2D eigenvalue weighted by Gasteiger charge is 2.52. The third kappa shape index (κ3) is 17.6. The Morgan fingerprint density at radius 3 is 1.59 bits per heavy atom. The van der Waals surface area contributed by atoms with Gasteiger partial charge in [-0.05, 0) is 98.7 Å². The molecule has 0 aromatic carbocycles. The van der Waals surface area contributed by atoms with Crippen molar-refractivity contribution in [3.63, 3.8) is 0 Å². The summed E-state index contributed by atoms with van der Waals surface area (Å²) in [5.74, 6) is 8.40. The van der Waals surface area contributed by atoms with Crippen molar-refractivity contribution < 1.29 is 28.3 Å². The van der Waals surface area contributed by atoms with Crippen molar-refractivity contribution in [3.8, 4) is 0 Å². The maximum absolute atomic E-state index is 12.7. The Bertz CT molecular complexity index is 1550. The molecule has 2 heterocycles. The molecule has 13 atom stereocenters. The van der Waals surface area contributed by atoms with Gasteiger partial charge in [0.15, 0.2) is 12.3 Å². The topological polar surface area (TPSA) is 132 Å². The molecule has 1 aliphatic heterocycles. The van der Waals surface area contributed by atoms with Gasteiger partial charge >= 0.3 is 13.9 Å². The second-order valence-electron chi connectivity index (χ2n) is 21.5. The minimum atomic E-state index is -2.98. The van der Waals surface area contributed by atoms with Crippen LogP contribution in [0, 0.1) is 47.3 Å². The predicted octanol–water partition coefficient (Wildman–Crippen LogP) is 12.4. The predicted molar refractivity (Wildman–Crippen MR) is 256 cm³/mol. The van der Waals surface area contributed by atoms with E-state index in [0.29, 0.717) is 0 Å². The van der Waals surface area contributed by atoms with Gasteiger partial charge in [-0.15, -0.1) is 9.42 Å². The molecule has 5 fully saturated rings. The Hall–Kier alpha value is -1.46. The molecular formula is C52H91N3O8P+. The lowest BCUT2D eigenvalue weighted by molar-refractivity contribution is -0.201. The van der Waals surface area contributed by atoms with Crippen molar-refractivity contribution in [2.24, 2.45) is 47.3 Å². The Morgan fingerprint density at radius 1 is 0.703 bits per heavy atom. The van der Waals surface area contributed by atoms with E-state index in [2.05, 4.69) is 18.8 Å². The maximum atomic E-state index is 12.7. The minimum Gasteiger partial charge on any atom is -0.374 e. The van der Waals surface area contributed by atoms with E-state index in [9.17, 15) is 19.0 Å². The summed E-state index contributed by atoms with van der Waals surface area (Å²) >= 11 is 0. The lowest BCUT2D eigenvalue weighted by Gasteiger charge is -2.29. The molecule has 1 aromatic heterocycles. The van der Waals surface area contributed by atoms with Crippen LogP contribution in [0.2, 0.25) is 0 Å². The van der Waals surface area contributed by atoms with E-state index in [1.54, 1.807) is 0 Å². The molecule has 366 valence electrons. The van der Waals surface area contributed by atoms with Gasteiger partial charge < -0.3 is 9.47 Å². The average Bonchev–Trinajstić information content (AvgIpc) is 4.15. The summed E-state index contributed by atoms with van der Waals surface area (Å²) in [4.78, 5) is 42.8. The number of nitrogens with zero attached hydrogens (tertiary/aromatic N) is 2. The van der Waals surface area contributed by atoms with E-state index < -0.39 is 44.0 Å². The van der Waals surface area contributed by atoms with Crippen molar-refractivity contribution in [1.29, 1.82) is 0 Å². The van der Waals surface area contributed by atoms with Crippen LogP contribution in [0.4, 0.5) is 0 Å². The van der Waals surface area contributed by atoms with Gasteiger partial charge in [-0.3, -0.25) is 19.2 Å². The molecule has 0 amide bonds. The summed E-state index contributed by atoms with van der Waals surface area (Å²) in [5.41, 5.74) is -1.19. The normalized spacial score (nSPS) is 31.1. The number of nitrogens with one attached hydrogen (secondary N) is 1. The van der Waals surface area contributed by atoms with Gasteiger partial charge in [0.05, 0.1) is 6.61 Å². The molecular weight excluding hydrogens is 826 g/mol. The van der Waals surface area contributed by atoms with Crippen molar-refractivity contribution in [2.75, 3.05) is 20.8 Å². The number of H-pyrrole nitrogens is 1. The fraction of sp³-hybridized carbons (Fsp3) is 0.923. The van der Waals surface area contributed by atoms with E-state index in [1.807, 2.05) is 12.1 Å². The van der Waals surface area contributed by atoms with Gasteiger partial charge in [0.2, 0.25) is 0 Å². The van der Waals surface area contributed by atoms with Crippen LogP contribution in [0.15, 0.2) is 21.9 Å². The first-order valence-corrected chi connectivity index (χ1v) is 28.0. The van der Waals surface area contributed by atoms with E-state index in [-0.39, 0.29) is 12.6 Å². The number of aromatic amines is 1. The Kier molecular flexibility index (Phi) is 22.3. The Morgan fingerprint density at radius 2 is 1.16 bits per heavy atom. The molecule has 10 unspecified atom stereocenters. The van der Waals surface area contributed by atoms with Crippen molar-refractivity contribution >= 4 is 8.25 Å². The summed E-state index contributed by atoms with van der Waals surface area (Å²) in [6.45, 7) is 4.68. The molecule has 64 heavy (non-hydrogen) atoms. The van der Waals surface area contributed by atoms with Crippen LogP contribution in [0.3, 0.4) is 0 Å². The van der Waals surface area contributed by atoms with Gasteiger partial charge in [0.1, 0.15) is 12.2 Å². The molecule has 12 heteroatoms. The standard InChI is InChI=1S/C52H90N3O8P/c1-5-7-17-23-38-31-42(38)35-44-33-40(44)25-19-13-9-11-15-21-27-46(28-22-16-12-10-14-20-26-41-34-45(41)36-43-32-39(43)24-18-8-6-2)54(3)61-37-47-49(63-64(58)59)50(60-4)51(62-47)55-30-29-48(56)53-52(55)57/h29-30,38-47,49-51H,5-28,31-37H2,1-4H3,(H-,53,56,57,58,59)/p+1/t38?,39?,40?,41?,42?,43?,44?,45?,46?,47-,49?,50+,51-/m1/s1. The first-order valence-electron chi connectivity index (χ1n) is 26.9. The van der Waals surface area contributed by atoms with E-state index in [4.69, 9.17) is 18.8 Å². The van der Waals surface area contributed by atoms with Gasteiger partial charge in [0.25, 0.3) is 5.56 Å². The average molecular weight is 917 g/mol. The van der Waals surface area contributed by atoms with Gasteiger partial charge in [0, 0.05) is 37.0 Å². The van der Waals surface area contributed by atoms with Crippen LogP contribution in [0.5, 0.6) is 0 Å². The van der Waals surface area contributed by atoms with E-state index in [1.165, 1.54) is 191 Å². The summed E-state index contributed by atoms with van der Waals surface area (Å²) in [5, 5.41) is 1.96. The second kappa shape index (κ2) is 27.5. The summed E-state index contributed by atoms with van der Waals surface area (Å²) in [7, 11) is 0.445. The largest absolute Gasteiger partial charge is 0.695 e. The third-order valence-electron chi connectivity index (χ3n) is 16.4. The number of rotatable bonds is 38. The summed E-state index contributed by atoms with van der Waals surface area (Å²) < 4.78 is 30.4. The highest BCUT2D eigenvalue weighted by Crippen LogP contribution is 2.55. The fourth-order valence-corrected chi connectivity index (χ4v) is 12.3. The molecule has 4 aliphatic carbocycles. The highest BCUT2D eigenvalue weighted by atomic mass is 31.1. The number of methoxy groups -OCH3 is 1. The number of hydrogen-bond donors (Lipinski definition) is 2. The molecule has 4 saturated carbocycles. The molecule has 1 aromatic rings. The lowest BCUT2D eigenvalue weighted by atomic mass is 9.99. The first kappa shape index (κ1) is 51.9. The minimum absolute atomic E-state index is 0.0550. The molecule has 0 spiro atoms. The molecule has 11 nitrogen and oxygen atoms in total. The SMILES string of the molecule is CCCCCC1CC1CC1CC1CCCCCCCCC(CCCCCCCCC1CC1CC1CC1CCCCC)N(C)OC[C@H]1O[C@@H](n2ccc(=O)[nH]c2=O)[C@@H](OC)C1O[P+](=O)O. The first-order chi connectivity index (χ1) is 31.2. The Labute approximate surface area is 388 Å². The third-order valence-corrected chi connectivity index (χ3v) is 16.8. The molecule has 2 N–H and O–H groups in total. The van der Waals surface area contributed by atoms with E-state index in [0.717, 1.165) is 73.0 Å². The number of ether oxygens (including phenoxy) is 2. The smallest absolute Gasteiger partial charge is 0.374 e. The monoisotopic (exact) mass is 917 g/mol. The number of hydroxylamine groups is 2. The highest BCUT2D eigenvalue weighted by molar-refractivity contribution is 7.32. The molecule has 5 aliphatic rings. The second-order valence-corrected chi connectivity index (χ2v) is 22.2. The number of hydrogen-bond acceptors (Lipinski definition) is 8. The fourth-order valence-electron chi connectivity index (χ4n) is 11.9. The summed E-state index contributed by atoms with van der Waals surface area (Å²) in [6.07, 6.45) is 38.7. The summed E-state index contributed by atoms with van der Waals surface area (Å²) in [6, 6.07) is 1.47. The maximum Gasteiger partial charge on any atom is 0.695 e. The molecule has 0 radical (unpaired) electrons.